The highest BCUT2D eigenvalue weighted by Gasteiger charge is 2.16. The molecule has 0 N–H and O–H groups in total. The van der Waals surface area contributed by atoms with Crippen LogP contribution in [0, 0.1) is 13.8 Å². The van der Waals surface area contributed by atoms with Crippen LogP contribution in [0.1, 0.15) is 16.3 Å². The number of pyridine rings is 1. The van der Waals surface area contributed by atoms with Gasteiger partial charge in [0.1, 0.15) is 16.2 Å². The highest BCUT2D eigenvalue weighted by atomic mass is 32.2. The van der Waals surface area contributed by atoms with Gasteiger partial charge >= 0.3 is 0 Å². The minimum atomic E-state index is 0.755. The third-order valence-electron chi connectivity index (χ3n) is 3.80. The van der Waals surface area contributed by atoms with E-state index >= 15 is 0 Å². The van der Waals surface area contributed by atoms with Crippen molar-refractivity contribution in [3.05, 3.63) is 64.9 Å². The summed E-state index contributed by atoms with van der Waals surface area (Å²) in [7, 11) is 0. The molecule has 3 aromatic heterocycles. The molecule has 0 aliphatic carbocycles. The first-order valence-electron chi connectivity index (χ1n) is 7.94. The van der Waals surface area contributed by atoms with Crippen molar-refractivity contribution in [2.45, 2.75) is 24.6 Å². The second kappa shape index (κ2) is 6.90. The van der Waals surface area contributed by atoms with Gasteiger partial charge in [-0.15, -0.1) is 21.5 Å². The third kappa shape index (κ3) is 3.41. The fourth-order valence-corrected chi connectivity index (χ4v) is 4.37. The van der Waals surface area contributed by atoms with Gasteiger partial charge in [-0.25, -0.2) is 4.98 Å². The largest absolute Gasteiger partial charge is 0.260 e. The van der Waals surface area contributed by atoms with Crippen molar-refractivity contribution >= 4 is 33.3 Å². The van der Waals surface area contributed by atoms with Crippen LogP contribution in [-0.4, -0.2) is 20.2 Å². The number of hydrogen-bond acceptors (Lipinski definition) is 6. The molecule has 3 heterocycles. The van der Waals surface area contributed by atoms with E-state index in [0.29, 0.717) is 0 Å². The maximum Gasteiger partial charge on any atom is 0.146 e. The van der Waals surface area contributed by atoms with Crippen molar-refractivity contribution < 1.29 is 0 Å². The number of hydrogen-bond donors (Lipinski definition) is 0. The standard InChI is InChI=1S/C19H16N4S2/c1-12-6-8-14(9-7-12)16-18-17(21-13(2)25-18)19(23-22-16)24-11-15-5-3-4-10-20-15/h3-10H,11H2,1-2H3. The lowest BCUT2D eigenvalue weighted by atomic mass is 10.1. The molecule has 0 aliphatic rings. The number of rotatable bonds is 4. The molecule has 4 aromatic rings. The molecule has 0 saturated carbocycles. The molecule has 0 unspecified atom stereocenters. The van der Waals surface area contributed by atoms with E-state index in [-0.39, 0.29) is 0 Å². The van der Waals surface area contributed by atoms with Crippen LogP contribution in [0.3, 0.4) is 0 Å². The fourth-order valence-electron chi connectivity index (χ4n) is 2.54. The average molecular weight is 364 g/mol. The Morgan fingerprint density at radius 1 is 1.00 bits per heavy atom. The first-order chi connectivity index (χ1) is 12.2. The molecule has 6 heteroatoms. The quantitative estimate of drug-likeness (QED) is 0.474. The Morgan fingerprint density at radius 2 is 1.84 bits per heavy atom. The van der Waals surface area contributed by atoms with E-state index in [1.54, 1.807) is 23.1 Å². The number of thioether (sulfide) groups is 1. The molecule has 4 rings (SSSR count). The molecule has 0 saturated heterocycles. The van der Waals surface area contributed by atoms with E-state index in [2.05, 4.69) is 46.4 Å². The summed E-state index contributed by atoms with van der Waals surface area (Å²) in [6, 6.07) is 14.3. The first-order valence-corrected chi connectivity index (χ1v) is 9.74. The summed E-state index contributed by atoms with van der Waals surface area (Å²) in [6.45, 7) is 4.11. The molecule has 124 valence electrons. The zero-order valence-corrected chi connectivity index (χ0v) is 15.6. The minimum absolute atomic E-state index is 0.755. The Balaban J connectivity index is 1.72. The Labute approximate surface area is 154 Å². The second-order valence-electron chi connectivity index (χ2n) is 5.74. The van der Waals surface area contributed by atoms with Gasteiger partial charge in [0.25, 0.3) is 0 Å². The van der Waals surface area contributed by atoms with E-state index in [1.807, 2.05) is 31.3 Å². The lowest BCUT2D eigenvalue weighted by Gasteiger charge is -2.05. The molecule has 25 heavy (non-hydrogen) atoms. The highest BCUT2D eigenvalue weighted by Crippen LogP contribution is 2.36. The SMILES string of the molecule is Cc1ccc(-c2nnc(SCc3ccccn3)c3nc(C)sc23)cc1. The monoisotopic (exact) mass is 364 g/mol. The Hall–Kier alpha value is -2.31. The normalized spacial score (nSPS) is 11.1. The van der Waals surface area contributed by atoms with Crippen LogP contribution in [0.25, 0.3) is 21.5 Å². The Morgan fingerprint density at radius 3 is 2.60 bits per heavy atom. The van der Waals surface area contributed by atoms with Crippen molar-refractivity contribution in [1.82, 2.24) is 20.2 Å². The van der Waals surface area contributed by atoms with E-state index in [0.717, 1.165) is 43.0 Å². The number of benzene rings is 1. The summed E-state index contributed by atoms with van der Waals surface area (Å²) >= 11 is 3.30. The summed E-state index contributed by atoms with van der Waals surface area (Å²) in [5, 5.41) is 10.9. The zero-order chi connectivity index (χ0) is 17.2. The molecular weight excluding hydrogens is 348 g/mol. The predicted octanol–water partition coefficient (Wildman–Crippen LogP) is 5.06. The lowest BCUT2D eigenvalue weighted by molar-refractivity contribution is 0.954. The number of aromatic nitrogens is 4. The van der Waals surface area contributed by atoms with E-state index in [9.17, 15) is 0 Å². The molecule has 0 amide bonds. The van der Waals surface area contributed by atoms with E-state index in [4.69, 9.17) is 4.98 Å². The number of aryl methyl sites for hydroxylation is 2. The van der Waals surface area contributed by atoms with Gasteiger partial charge in [0.05, 0.1) is 15.4 Å². The summed E-state index contributed by atoms with van der Waals surface area (Å²) in [5.41, 5.74) is 5.18. The van der Waals surface area contributed by atoms with Gasteiger partial charge in [0, 0.05) is 17.5 Å². The van der Waals surface area contributed by atoms with Gasteiger partial charge in [0.2, 0.25) is 0 Å². The zero-order valence-electron chi connectivity index (χ0n) is 13.9. The smallest absolute Gasteiger partial charge is 0.146 e. The van der Waals surface area contributed by atoms with Crippen LogP contribution in [0.2, 0.25) is 0 Å². The molecule has 4 nitrogen and oxygen atoms in total. The molecule has 0 fully saturated rings. The molecule has 0 atom stereocenters. The van der Waals surface area contributed by atoms with Crippen molar-refractivity contribution in [3.63, 3.8) is 0 Å². The topological polar surface area (TPSA) is 51.6 Å². The maximum atomic E-state index is 4.70. The lowest BCUT2D eigenvalue weighted by Crippen LogP contribution is -1.93. The molecule has 0 bridgehead atoms. The molecule has 1 aromatic carbocycles. The van der Waals surface area contributed by atoms with Crippen LogP contribution in [0.5, 0.6) is 0 Å². The van der Waals surface area contributed by atoms with Gasteiger partial charge in [-0.1, -0.05) is 47.7 Å². The first kappa shape index (κ1) is 16.2. The van der Waals surface area contributed by atoms with Crippen LogP contribution >= 0.6 is 23.1 Å². The van der Waals surface area contributed by atoms with E-state index < -0.39 is 0 Å². The minimum Gasteiger partial charge on any atom is -0.260 e. The van der Waals surface area contributed by atoms with Crippen LogP contribution in [0.15, 0.2) is 53.7 Å². The fraction of sp³-hybridized carbons (Fsp3) is 0.158. The van der Waals surface area contributed by atoms with Crippen LogP contribution < -0.4 is 0 Å². The highest BCUT2D eigenvalue weighted by molar-refractivity contribution is 7.98. The average Bonchev–Trinajstić information content (AvgIpc) is 3.03. The third-order valence-corrected chi connectivity index (χ3v) is 5.77. The van der Waals surface area contributed by atoms with Gasteiger partial charge in [-0.2, -0.15) is 0 Å². The summed E-state index contributed by atoms with van der Waals surface area (Å²) in [4.78, 5) is 9.07. The summed E-state index contributed by atoms with van der Waals surface area (Å²) < 4.78 is 1.10. The Kier molecular flexibility index (Phi) is 4.46. The van der Waals surface area contributed by atoms with E-state index in [1.165, 1.54) is 5.56 Å². The number of nitrogens with zero attached hydrogens (tertiary/aromatic N) is 4. The van der Waals surface area contributed by atoms with Crippen molar-refractivity contribution in [3.8, 4) is 11.3 Å². The predicted molar refractivity (Wildman–Crippen MR) is 104 cm³/mol. The van der Waals surface area contributed by atoms with Crippen molar-refractivity contribution in [2.75, 3.05) is 0 Å². The molecule has 0 spiro atoms. The van der Waals surface area contributed by atoms with Crippen molar-refractivity contribution in [1.29, 1.82) is 0 Å². The summed E-state index contributed by atoms with van der Waals surface area (Å²) in [5.74, 6) is 0.755. The van der Waals surface area contributed by atoms with Crippen molar-refractivity contribution in [2.24, 2.45) is 0 Å². The number of thiazole rings is 1. The molecule has 0 radical (unpaired) electrons. The maximum absolute atomic E-state index is 4.70. The summed E-state index contributed by atoms with van der Waals surface area (Å²) in [6.07, 6.45) is 1.81. The molecule has 0 aliphatic heterocycles. The molecular formula is C19H16N4S2. The number of fused-ring (bicyclic) bond motifs is 1. The van der Waals surface area contributed by atoms with Crippen LogP contribution in [-0.2, 0) is 5.75 Å². The second-order valence-corrected chi connectivity index (χ2v) is 7.91. The van der Waals surface area contributed by atoms with Gasteiger partial charge < -0.3 is 0 Å². The van der Waals surface area contributed by atoms with Gasteiger partial charge in [-0.3, -0.25) is 4.98 Å². The van der Waals surface area contributed by atoms with Gasteiger partial charge in [-0.05, 0) is 26.0 Å². The van der Waals surface area contributed by atoms with Gasteiger partial charge in [0.15, 0.2) is 0 Å². The Bertz CT molecular complexity index is 1010. The van der Waals surface area contributed by atoms with Crippen LogP contribution in [0.4, 0.5) is 0 Å².